The second kappa shape index (κ2) is 26.6. The molecule has 0 aliphatic carbocycles. The number of hydrogen-bond acceptors (Lipinski definition) is 7. The fourth-order valence-electron chi connectivity index (χ4n) is 5.24. The lowest BCUT2D eigenvalue weighted by molar-refractivity contribution is -0.147. The molecule has 1 aromatic carbocycles. The Morgan fingerprint density at radius 1 is 0.652 bits per heavy atom. The quantitative estimate of drug-likeness (QED) is 0.0492. The van der Waals surface area contributed by atoms with Crippen molar-refractivity contribution in [3.8, 4) is 0 Å². The van der Waals surface area contributed by atoms with Gasteiger partial charge in [0.1, 0.15) is 6.04 Å². The molecule has 9 nitrogen and oxygen atoms in total. The monoisotopic (exact) mass is 667 g/mol. The molecule has 0 radical (unpaired) electrons. The molecule has 0 fully saturated rings. The number of esters is 2. The van der Waals surface area contributed by atoms with Crippen LogP contribution in [0.3, 0.4) is 0 Å². The molecule has 0 aromatic heterocycles. The van der Waals surface area contributed by atoms with E-state index < -0.39 is 34.0 Å². The molecule has 1 rings (SSSR count). The molecule has 2 N–H and O–H groups in total. The van der Waals surface area contributed by atoms with Crippen molar-refractivity contribution in [3.63, 3.8) is 0 Å². The van der Waals surface area contributed by atoms with Crippen LogP contribution in [0.5, 0.6) is 0 Å². The van der Waals surface area contributed by atoms with Gasteiger partial charge < -0.3 is 14.8 Å². The third kappa shape index (κ3) is 21.4. The Morgan fingerprint density at radius 2 is 1.07 bits per heavy atom. The van der Waals surface area contributed by atoms with E-state index in [1.807, 2.05) is 0 Å². The topological polar surface area (TPSA) is 136 Å². The van der Waals surface area contributed by atoms with Crippen LogP contribution in [0, 0.1) is 0 Å². The normalized spacial score (nSPS) is 12.1. The maximum atomic E-state index is 12.9. The molecule has 46 heavy (non-hydrogen) atoms. The van der Waals surface area contributed by atoms with E-state index in [2.05, 4.69) is 19.2 Å². The lowest BCUT2D eigenvalue weighted by Gasteiger charge is -2.18. The summed E-state index contributed by atoms with van der Waals surface area (Å²) in [4.78, 5) is 37.9. The third-order valence-corrected chi connectivity index (χ3v) is 9.01. The van der Waals surface area contributed by atoms with Gasteiger partial charge in [0.15, 0.2) is 0 Å². The largest absolute Gasteiger partial charge is 0.466 e. The van der Waals surface area contributed by atoms with Gasteiger partial charge in [0.2, 0.25) is 0 Å². The molecule has 0 unspecified atom stereocenters. The molecule has 0 saturated carbocycles. The smallest absolute Gasteiger partial charge is 0.328 e. The summed E-state index contributed by atoms with van der Waals surface area (Å²) in [6.45, 7) is 4.99. The third-order valence-electron chi connectivity index (χ3n) is 8.14. The van der Waals surface area contributed by atoms with Gasteiger partial charge >= 0.3 is 11.9 Å². The van der Waals surface area contributed by atoms with Crippen LogP contribution in [0.25, 0.3) is 0 Å². The molecule has 0 heterocycles. The summed E-state index contributed by atoms with van der Waals surface area (Å²) in [6.07, 6.45) is 23.3. The second-order valence-corrected chi connectivity index (χ2v) is 13.7. The number of benzene rings is 1. The molecular formula is C36H61NO8S. The summed E-state index contributed by atoms with van der Waals surface area (Å²) in [5, 5.41) is 2.61. The van der Waals surface area contributed by atoms with Crippen molar-refractivity contribution in [2.75, 3.05) is 13.2 Å². The lowest BCUT2D eigenvalue weighted by Crippen LogP contribution is -2.42. The summed E-state index contributed by atoms with van der Waals surface area (Å²) in [5.74, 6) is -1.68. The number of unbranched alkanes of at least 4 members (excludes halogenated alkanes) is 18. The van der Waals surface area contributed by atoms with Gasteiger partial charge in [-0.2, -0.15) is 8.42 Å². The SMILES string of the molecule is CCCCCCCCCCCCOC(=O)CC[C@H](NC(=O)c1ccc(S(=O)(=O)O)cc1)C(=O)OCCCCCCCCCCCC. The van der Waals surface area contributed by atoms with Crippen molar-refractivity contribution in [3.05, 3.63) is 29.8 Å². The molecule has 0 bridgehead atoms. The van der Waals surface area contributed by atoms with Crippen molar-refractivity contribution in [2.24, 2.45) is 0 Å². The van der Waals surface area contributed by atoms with E-state index in [1.54, 1.807) is 0 Å². The predicted octanol–water partition coefficient (Wildman–Crippen LogP) is 8.74. The first-order valence-electron chi connectivity index (χ1n) is 17.9. The summed E-state index contributed by atoms with van der Waals surface area (Å²) in [6, 6.07) is 3.62. The van der Waals surface area contributed by atoms with Crippen LogP contribution in [-0.4, -0.2) is 50.1 Å². The van der Waals surface area contributed by atoms with E-state index in [1.165, 1.54) is 95.6 Å². The average molecular weight is 668 g/mol. The number of rotatable bonds is 29. The average Bonchev–Trinajstić information content (AvgIpc) is 3.03. The van der Waals surface area contributed by atoms with Crippen LogP contribution < -0.4 is 5.32 Å². The van der Waals surface area contributed by atoms with Crippen molar-refractivity contribution in [1.82, 2.24) is 5.32 Å². The number of carbonyl (C=O) groups excluding carboxylic acids is 3. The van der Waals surface area contributed by atoms with Crippen LogP contribution in [-0.2, 0) is 29.2 Å². The molecule has 10 heteroatoms. The highest BCUT2D eigenvalue weighted by atomic mass is 32.2. The predicted molar refractivity (Wildman–Crippen MR) is 182 cm³/mol. The number of nitrogens with one attached hydrogen (secondary N) is 1. The Kier molecular flexibility index (Phi) is 24.0. The minimum absolute atomic E-state index is 0.0164. The number of hydrogen-bond donors (Lipinski definition) is 2. The van der Waals surface area contributed by atoms with Gasteiger partial charge in [0.25, 0.3) is 16.0 Å². The number of carbonyl (C=O) groups is 3. The summed E-state index contributed by atoms with van der Waals surface area (Å²) >= 11 is 0. The summed E-state index contributed by atoms with van der Waals surface area (Å²) in [5.41, 5.74) is 0.100. The fourth-order valence-corrected chi connectivity index (χ4v) is 5.72. The van der Waals surface area contributed by atoms with Gasteiger partial charge in [-0.15, -0.1) is 0 Å². The van der Waals surface area contributed by atoms with E-state index in [-0.39, 0.29) is 29.9 Å². The summed E-state index contributed by atoms with van der Waals surface area (Å²) < 4.78 is 42.7. The van der Waals surface area contributed by atoms with E-state index in [4.69, 9.17) is 9.47 Å². The zero-order valence-electron chi connectivity index (χ0n) is 28.6. The van der Waals surface area contributed by atoms with Crippen LogP contribution in [0.4, 0.5) is 0 Å². The Hall–Kier alpha value is -2.46. The first kappa shape index (κ1) is 41.6. The molecule has 1 amide bonds. The van der Waals surface area contributed by atoms with Crippen molar-refractivity contribution in [2.45, 2.75) is 166 Å². The zero-order chi connectivity index (χ0) is 33.9. The molecule has 264 valence electrons. The van der Waals surface area contributed by atoms with Crippen molar-refractivity contribution in [1.29, 1.82) is 0 Å². The number of ether oxygens (including phenoxy) is 2. The van der Waals surface area contributed by atoms with Crippen molar-refractivity contribution < 1.29 is 36.8 Å². The highest BCUT2D eigenvalue weighted by Crippen LogP contribution is 2.14. The molecular weight excluding hydrogens is 606 g/mol. The van der Waals surface area contributed by atoms with Crippen LogP contribution in [0.1, 0.15) is 165 Å². The van der Waals surface area contributed by atoms with Gasteiger partial charge in [-0.05, 0) is 43.5 Å². The van der Waals surface area contributed by atoms with Gasteiger partial charge in [0, 0.05) is 12.0 Å². The maximum Gasteiger partial charge on any atom is 0.328 e. The molecule has 0 aliphatic rings. The highest BCUT2D eigenvalue weighted by Gasteiger charge is 2.24. The molecule has 0 saturated heterocycles. The van der Waals surface area contributed by atoms with Crippen molar-refractivity contribution >= 4 is 28.0 Å². The number of amides is 1. The Balaban J connectivity index is 2.47. The molecule has 0 aliphatic heterocycles. The van der Waals surface area contributed by atoms with E-state index in [9.17, 15) is 27.4 Å². The Labute approximate surface area is 278 Å². The Morgan fingerprint density at radius 3 is 1.50 bits per heavy atom. The van der Waals surface area contributed by atoms with Gasteiger partial charge in [-0.3, -0.25) is 14.1 Å². The van der Waals surface area contributed by atoms with Crippen LogP contribution >= 0.6 is 0 Å². The first-order chi connectivity index (χ1) is 22.2. The minimum atomic E-state index is -4.40. The lowest BCUT2D eigenvalue weighted by atomic mass is 10.1. The highest BCUT2D eigenvalue weighted by molar-refractivity contribution is 7.85. The molecule has 1 atom stereocenters. The fraction of sp³-hybridized carbons (Fsp3) is 0.750. The van der Waals surface area contributed by atoms with Gasteiger partial charge in [-0.1, -0.05) is 129 Å². The molecule has 0 spiro atoms. The van der Waals surface area contributed by atoms with E-state index in [0.717, 1.165) is 57.1 Å². The van der Waals surface area contributed by atoms with Crippen LogP contribution in [0.2, 0.25) is 0 Å². The van der Waals surface area contributed by atoms with E-state index >= 15 is 0 Å². The van der Waals surface area contributed by atoms with Crippen LogP contribution in [0.15, 0.2) is 29.2 Å². The maximum absolute atomic E-state index is 12.9. The van der Waals surface area contributed by atoms with Gasteiger partial charge in [0.05, 0.1) is 18.1 Å². The second-order valence-electron chi connectivity index (χ2n) is 12.3. The van der Waals surface area contributed by atoms with E-state index in [0.29, 0.717) is 6.61 Å². The van der Waals surface area contributed by atoms with Gasteiger partial charge in [-0.25, -0.2) is 4.79 Å². The standard InChI is InChI=1S/C36H61NO8S/c1-3-5-7-9-11-13-15-17-19-21-29-44-34(38)28-27-33(37-35(39)31-23-25-32(26-24-31)46(41,42)43)36(40)45-30-22-20-18-16-14-12-10-8-6-4-2/h23-26,33H,3-22,27-30H2,1-2H3,(H,37,39)(H,41,42,43)/t33-/m0/s1. The zero-order valence-corrected chi connectivity index (χ0v) is 29.4. The minimum Gasteiger partial charge on any atom is -0.466 e. The Bertz CT molecular complexity index is 1060. The molecule has 1 aromatic rings. The first-order valence-corrected chi connectivity index (χ1v) is 19.3. The summed E-state index contributed by atoms with van der Waals surface area (Å²) in [7, 11) is -4.40.